The summed E-state index contributed by atoms with van der Waals surface area (Å²) >= 11 is 1.53. The van der Waals surface area contributed by atoms with Crippen molar-refractivity contribution in [1.82, 2.24) is 14.7 Å². The highest BCUT2D eigenvalue weighted by Crippen LogP contribution is 2.26. The van der Waals surface area contributed by atoms with Gasteiger partial charge in [-0.2, -0.15) is 0 Å². The molecule has 0 atom stereocenters. The fourth-order valence-corrected chi connectivity index (χ4v) is 4.22. The van der Waals surface area contributed by atoms with Gasteiger partial charge in [-0.15, -0.1) is 11.3 Å². The minimum Gasteiger partial charge on any atom is -0.497 e. The first kappa shape index (κ1) is 20.0. The molecule has 0 aliphatic rings. The summed E-state index contributed by atoms with van der Waals surface area (Å²) in [5.74, 6) is 1.62. The number of hydrogen-bond donors (Lipinski definition) is 1. The summed E-state index contributed by atoms with van der Waals surface area (Å²) in [5.41, 5.74) is 3.85. The molecule has 4 rings (SSSR count). The summed E-state index contributed by atoms with van der Waals surface area (Å²) in [6.07, 6.45) is 3.00. The van der Waals surface area contributed by atoms with Crippen LogP contribution in [0.5, 0.6) is 11.5 Å². The molecule has 0 unspecified atom stereocenters. The summed E-state index contributed by atoms with van der Waals surface area (Å²) in [6.45, 7) is 0.561. The highest BCUT2D eigenvalue weighted by atomic mass is 32.1. The monoisotopic (exact) mass is 421 g/mol. The lowest BCUT2D eigenvalue weighted by atomic mass is 10.1. The van der Waals surface area contributed by atoms with Gasteiger partial charge in [0.1, 0.15) is 11.5 Å². The second-order valence-corrected chi connectivity index (χ2v) is 7.66. The third-order valence-corrected chi connectivity index (χ3v) is 5.79. The van der Waals surface area contributed by atoms with Crippen LogP contribution in [0, 0.1) is 0 Å². The molecule has 0 aliphatic carbocycles. The fourth-order valence-electron chi connectivity index (χ4n) is 3.35. The van der Waals surface area contributed by atoms with Crippen molar-refractivity contribution in [3.63, 3.8) is 0 Å². The molecular weight excluding hydrogens is 398 g/mol. The molecule has 2 heterocycles. The van der Waals surface area contributed by atoms with Crippen molar-refractivity contribution in [1.29, 1.82) is 0 Å². The molecule has 0 fully saturated rings. The number of fused-ring (bicyclic) bond motifs is 1. The highest BCUT2D eigenvalue weighted by Gasteiger charge is 2.13. The number of carbonyl (C=O) groups excluding carboxylic acids is 1. The number of amides is 1. The number of methoxy groups -OCH3 is 2. The van der Waals surface area contributed by atoms with Crippen LogP contribution in [0.15, 0.2) is 60.1 Å². The zero-order valence-corrected chi connectivity index (χ0v) is 17.7. The SMILES string of the molecule is COc1cccc(-c2cn3c(CC(=O)NCCc4ccccc4OC)csc3n2)c1. The van der Waals surface area contributed by atoms with Gasteiger partial charge in [0.2, 0.25) is 5.91 Å². The lowest BCUT2D eigenvalue weighted by Gasteiger charge is -2.09. The lowest BCUT2D eigenvalue weighted by Crippen LogP contribution is -2.27. The standard InChI is InChI=1S/C23H23N3O3S/c1-28-19-8-5-7-17(12-19)20-14-26-18(15-30-23(26)25-20)13-22(27)24-11-10-16-6-3-4-9-21(16)29-2/h3-9,12,14-15H,10-11,13H2,1-2H3,(H,24,27). The highest BCUT2D eigenvalue weighted by molar-refractivity contribution is 7.15. The molecule has 0 saturated carbocycles. The zero-order chi connectivity index (χ0) is 20.9. The summed E-state index contributed by atoms with van der Waals surface area (Å²) in [4.78, 5) is 18.0. The minimum absolute atomic E-state index is 0.0128. The first-order valence-corrected chi connectivity index (χ1v) is 10.5. The van der Waals surface area contributed by atoms with E-state index < -0.39 is 0 Å². The molecule has 0 aliphatic heterocycles. The van der Waals surface area contributed by atoms with E-state index in [1.165, 1.54) is 11.3 Å². The molecule has 1 amide bonds. The van der Waals surface area contributed by atoms with Gasteiger partial charge < -0.3 is 14.8 Å². The van der Waals surface area contributed by atoms with Gasteiger partial charge in [-0.25, -0.2) is 4.98 Å². The number of hydrogen-bond acceptors (Lipinski definition) is 5. The van der Waals surface area contributed by atoms with Crippen molar-refractivity contribution >= 4 is 22.2 Å². The van der Waals surface area contributed by atoms with Gasteiger partial charge in [0.05, 0.1) is 26.3 Å². The van der Waals surface area contributed by atoms with Gasteiger partial charge in [0, 0.05) is 29.4 Å². The van der Waals surface area contributed by atoms with E-state index in [2.05, 4.69) is 10.3 Å². The number of carbonyl (C=O) groups is 1. The molecule has 154 valence electrons. The summed E-state index contributed by atoms with van der Waals surface area (Å²) < 4.78 is 12.6. The van der Waals surface area contributed by atoms with E-state index in [9.17, 15) is 4.79 Å². The Morgan fingerprint density at radius 1 is 1.13 bits per heavy atom. The van der Waals surface area contributed by atoms with E-state index in [1.54, 1.807) is 14.2 Å². The van der Waals surface area contributed by atoms with Crippen LogP contribution in [0.3, 0.4) is 0 Å². The number of aromatic nitrogens is 2. The van der Waals surface area contributed by atoms with Crippen LogP contribution in [-0.2, 0) is 17.6 Å². The van der Waals surface area contributed by atoms with Crippen LogP contribution in [0.25, 0.3) is 16.2 Å². The van der Waals surface area contributed by atoms with Crippen molar-refractivity contribution in [2.24, 2.45) is 0 Å². The topological polar surface area (TPSA) is 64.9 Å². The van der Waals surface area contributed by atoms with Crippen molar-refractivity contribution in [3.8, 4) is 22.8 Å². The quantitative estimate of drug-likeness (QED) is 0.467. The molecule has 0 radical (unpaired) electrons. The van der Waals surface area contributed by atoms with Crippen LogP contribution >= 0.6 is 11.3 Å². The minimum atomic E-state index is -0.0128. The molecule has 7 heteroatoms. The second-order valence-electron chi connectivity index (χ2n) is 6.83. The first-order chi connectivity index (χ1) is 14.7. The Bertz CT molecular complexity index is 1170. The number of nitrogens with one attached hydrogen (secondary N) is 1. The Balaban J connectivity index is 1.41. The normalized spacial score (nSPS) is 10.9. The second kappa shape index (κ2) is 9.00. The maximum absolute atomic E-state index is 12.5. The summed E-state index contributed by atoms with van der Waals surface area (Å²) in [7, 11) is 3.31. The van der Waals surface area contributed by atoms with Crippen molar-refractivity contribution < 1.29 is 14.3 Å². The van der Waals surface area contributed by atoms with Gasteiger partial charge in [0.25, 0.3) is 0 Å². The molecule has 6 nitrogen and oxygen atoms in total. The Labute approximate surface area is 179 Å². The lowest BCUT2D eigenvalue weighted by molar-refractivity contribution is -0.120. The van der Waals surface area contributed by atoms with Gasteiger partial charge in [-0.1, -0.05) is 30.3 Å². The smallest absolute Gasteiger partial charge is 0.225 e. The predicted octanol–water partition coefficient (Wildman–Crippen LogP) is 3.98. The van der Waals surface area contributed by atoms with E-state index >= 15 is 0 Å². The van der Waals surface area contributed by atoms with Crippen LogP contribution in [0.4, 0.5) is 0 Å². The molecule has 0 saturated heterocycles. The number of ether oxygens (including phenoxy) is 2. The molecular formula is C23H23N3O3S. The molecule has 30 heavy (non-hydrogen) atoms. The predicted molar refractivity (Wildman–Crippen MR) is 118 cm³/mol. The first-order valence-electron chi connectivity index (χ1n) is 9.66. The fraction of sp³-hybridized carbons (Fsp3) is 0.217. The Kier molecular flexibility index (Phi) is 5.99. The van der Waals surface area contributed by atoms with Gasteiger partial charge >= 0.3 is 0 Å². The van der Waals surface area contributed by atoms with E-state index in [4.69, 9.17) is 9.47 Å². The van der Waals surface area contributed by atoms with Crippen molar-refractivity contribution in [2.45, 2.75) is 12.8 Å². The summed E-state index contributed by atoms with van der Waals surface area (Å²) in [5, 5.41) is 4.98. The van der Waals surface area contributed by atoms with Crippen LogP contribution in [0.2, 0.25) is 0 Å². The maximum Gasteiger partial charge on any atom is 0.225 e. The Morgan fingerprint density at radius 3 is 2.83 bits per heavy atom. The third kappa shape index (κ3) is 4.31. The zero-order valence-electron chi connectivity index (χ0n) is 16.9. The van der Waals surface area contributed by atoms with E-state index in [-0.39, 0.29) is 5.91 Å². The molecule has 0 bridgehead atoms. The van der Waals surface area contributed by atoms with Crippen LogP contribution < -0.4 is 14.8 Å². The number of benzene rings is 2. The number of rotatable bonds is 8. The van der Waals surface area contributed by atoms with Crippen LogP contribution in [-0.4, -0.2) is 36.1 Å². The van der Waals surface area contributed by atoms with Gasteiger partial charge in [0.15, 0.2) is 4.96 Å². The van der Waals surface area contributed by atoms with Crippen LogP contribution in [0.1, 0.15) is 11.3 Å². The Morgan fingerprint density at radius 2 is 2.00 bits per heavy atom. The van der Waals surface area contributed by atoms with Crippen molar-refractivity contribution in [3.05, 3.63) is 71.4 Å². The number of imidazole rings is 1. The van der Waals surface area contributed by atoms with E-state index in [1.807, 2.05) is 64.5 Å². The number of para-hydroxylation sites is 1. The maximum atomic E-state index is 12.5. The molecule has 1 N–H and O–H groups in total. The van der Waals surface area contributed by atoms with Crippen molar-refractivity contribution in [2.75, 3.05) is 20.8 Å². The average molecular weight is 422 g/mol. The molecule has 4 aromatic rings. The average Bonchev–Trinajstić information content (AvgIpc) is 3.36. The number of thiazole rings is 1. The third-order valence-electron chi connectivity index (χ3n) is 4.90. The van der Waals surface area contributed by atoms with Gasteiger partial charge in [-0.05, 0) is 30.2 Å². The molecule has 0 spiro atoms. The Hall–Kier alpha value is -3.32. The van der Waals surface area contributed by atoms with Gasteiger partial charge in [-0.3, -0.25) is 9.20 Å². The van der Waals surface area contributed by atoms with E-state index in [0.29, 0.717) is 13.0 Å². The van der Waals surface area contributed by atoms with E-state index in [0.717, 1.165) is 45.4 Å². The molecule has 2 aromatic heterocycles. The number of nitrogens with zero attached hydrogens (tertiary/aromatic N) is 2. The largest absolute Gasteiger partial charge is 0.497 e. The summed E-state index contributed by atoms with van der Waals surface area (Å²) in [6, 6.07) is 15.7. The molecule has 2 aromatic carbocycles.